The molecule has 0 bridgehead atoms. The van der Waals surface area contributed by atoms with Gasteiger partial charge < -0.3 is 4.74 Å². The Kier molecular flexibility index (Phi) is 7.41. The van der Waals surface area contributed by atoms with Gasteiger partial charge in [0, 0.05) is 0 Å². The monoisotopic (exact) mass is 413 g/mol. The minimum Gasteiger partial charge on any atom is -0.497 e. The zero-order chi connectivity index (χ0) is 20.6. The van der Waals surface area contributed by atoms with Gasteiger partial charge in [0.25, 0.3) is 0 Å². The lowest BCUT2D eigenvalue weighted by Gasteiger charge is -2.15. The molecule has 2 aromatic rings. The lowest BCUT2D eigenvalue weighted by molar-refractivity contribution is -0.126. The van der Waals surface area contributed by atoms with Gasteiger partial charge in [-0.1, -0.05) is 43.7 Å². The molecule has 152 valence electrons. The lowest BCUT2D eigenvalue weighted by Crippen LogP contribution is -2.31. The van der Waals surface area contributed by atoms with Gasteiger partial charge in [-0.15, -0.1) is 5.10 Å². The van der Waals surface area contributed by atoms with E-state index in [1.165, 1.54) is 23.9 Å². The maximum atomic E-state index is 13.2. The molecule has 0 aliphatic carbocycles. The van der Waals surface area contributed by atoms with E-state index in [1.807, 2.05) is 24.3 Å². The summed E-state index contributed by atoms with van der Waals surface area (Å²) in [6, 6.07) is 13.6. The third-order valence-electron chi connectivity index (χ3n) is 4.56. The number of carbonyl (C=O) groups is 1. The molecular formula is C22H24FN3O2S. The molecule has 5 nitrogen and oxygen atoms in total. The van der Waals surface area contributed by atoms with E-state index in [4.69, 9.17) is 4.74 Å². The molecule has 1 saturated heterocycles. The summed E-state index contributed by atoms with van der Waals surface area (Å²) in [7, 11) is 1.62. The molecule has 2 aromatic carbocycles. The summed E-state index contributed by atoms with van der Waals surface area (Å²) in [4.78, 5) is 14.5. The first kappa shape index (κ1) is 21.0. The van der Waals surface area contributed by atoms with Gasteiger partial charge in [-0.2, -0.15) is 5.10 Å². The molecule has 7 heteroatoms. The van der Waals surface area contributed by atoms with Crippen LogP contribution in [0.15, 0.2) is 58.7 Å². The number of hydrogen-bond donors (Lipinski definition) is 0. The number of unbranched alkanes of at least 4 members (excludes halogenated alkanes) is 1. The van der Waals surface area contributed by atoms with Crippen LogP contribution < -0.4 is 4.74 Å². The van der Waals surface area contributed by atoms with Gasteiger partial charge >= 0.3 is 0 Å². The normalized spacial score (nSPS) is 18.2. The minimum absolute atomic E-state index is 0.0335. The molecule has 29 heavy (non-hydrogen) atoms. The van der Waals surface area contributed by atoms with Gasteiger partial charge in [0.2, 0.25) is 5.91 Å². The molecule has 1 unspecified atom stereocenters. The Bertz CT molecular complexity index is 882. The van der Waals surface area contributed by atoms with Crippen LogP contribution in [0.5, 0.6) is 5.75 Å². The highest BCUT2D eigenvalue weighted by Crippen LogP contribution is 2.32. The van der Waals surface area contributed by atoms with Gasteiger partial charge in [0.05, 0.1) is 25.1 Å². The van der Waals surface area contributed by atoms with Crippen LogP contribution in [-0.4, -0.2) is 34.5 Å². The second-order valence-electron chi connectivity index (χ2n) is 6.70. The smallest absolute Gasteiger partial charge is 0.242 e. The van der Waals surface area contributed by atoms with E-state index in [9.17, 15) is 9.18 Å². The third kappa shape index (κ3) is 5.67. The van der Waals surface area contributed by atoms with Crippen molar-refractivity contribution in [3.05, 3.63) is 65.5 Å². The van der Waals surface area contributed by atoms with Crippen molar-refractivity contribution in [1.82, 2.24) is 4.90 Å². The fourth-order valence-corrected chi connectivity index (χ4v) is 4.05. The molecule has 0 aromatic heterocycles. The van der Waals surface area contributed by atoms with Crippen molar-refractivity contribution in [3.63, 3.8) is 0 Å². The van der Waals surface area contributed by atoms with Gasteiger partial charge in [-0.25, -0.2) is 4.39 Å². The van der Waals surface area contributed by atoms with Crippen molar-refractivity contribution >= 4 is 29.1 Å². The highest BCUT2D eigenvalue weighted by molar-refractivity contribution is 8.15. The maximum Gasteiger partial charge on any atom is 0.242 e. The number of amides is 1. The SMILES string of the molecule is CCCCC1S/C(=N\N=C\c2ccc(OC)cc2)N(Cc2ccc(F)cc2)C1=O. The van der Waals surface area contributed by atoms with E-state index >= 15 is 0 Å². The summed E-state index contributed by atoms with van der Waals surface area (Å²) in [6.07, 6.45) is 4.47. The number of halogens is 1. The molecular weight excluding hydrogens is 389 g/mol. The zero-order valence-electron chi connectivity index (χ0n) is 16.5. The minimum atomic E-state index is -0.297. The Hall–Kier alpha value is -2.67. The lowest BCUT2D eigenvalue weighted by atomic mass is 10.1. The van der Waals surface area contributed by atoms with Crippen molar-refractivity contribution in [2.75, 3.05) is 7.11 Å². The predicted molar refractivity (Wildman–Crippen MR) is 116 cm³/mol. The fourth-order valence-electron chi connectivity index (χ4n) is 2.91. The number of carbonyl (C=O) groups excluding carboxylic acids is 1. The highest BCUT2D eigenvalue weighted by atomic mass is 32.2. The number of thioether (sulfide) groups is 1. The van der Waals surface area contributed by atoms with E-state index in [1.54, 1.807) is 30.4 Å². The number of benzene rings is 2. The third-order valence-corrected chi connectivity index (χ3v) is 5.79. The Morgan fingerprint density at radius 3 is 2.55 bits per heavy atom. The first-order valence-electron chi connectivity index (χ1n) is 9.58. The number of amidine groups is 1. The molecule has 1 heterocycles. The Labute approximate surface area is 174 Å². The number of methoxy groups -OCH3 is 1. The van der Waals surface area contributed by atoms with E-state index in [2.05, 4.69) is 17.1 Å². The number of hydrogen-bond acceptors (Lipinski definition) is 5. The average molecular weight is 414 g/mol. The first-order chi connectivity index (χ1) is 14.1. The van der Waals surface area contributed by atoms with Crippen molar-refractivity contribution in [3.8, 4) is 5.75 Å². The second-order valence-corrected chi connectivity index (χ2v) is 7.87. The fraction of sp³-hybridized carbons (Fsp3) is 0.318. The zero-order valence-corrected chi connectivity index (χ0v) is 17.4. The molecule has 1 amide bonds. The maximum absolute atomic E-state index is 13.2. The molecule has 0 N–H and O–H groups in total. The quantitative estimate of drug-likeness (QED) is 0.459. The second kappa shape index (κ2) is 10.2. The summed E-state index contributed by atoms with van der Waals surface area (Å²) in [5, 5.41) is 8.92. The Morgan fingerprint density at radius 1 is 1.17 bits per heavy atom. The largest absolute Gasteiger partial charge is 0.497 e. The summed E-state index contributed by atoms with van der Waals surface area (Å²) in [6.45, 7) is 2.46. The average Bonchev–Trinajstić information content (AvgIpc) is 3.03. The molecule has 1 fully saturated rings. The summed E-state index contributed by atoms with van der Waals surface area (Å²) in [5.74, 6) is 0.510. The summed E-state index contributed by atoms with van der Waals surface area (Å²) < 4.78 is 18.3. The van der Waals surface area contributed by atoms with Crippen LogP contribution in [0.1, 0.15) is 37.3 Å². The topological polar surface area (TPSA) is 54.3 Å². The molecule has 0 spiro atoms. The Balaban J connectivity index is 1.77. The van der Waals surface area contributed by atoms with Gasteiger partial charge in [0.1, 0.15) is 11.6 Å². The van der Waals surface area contributed by atoms with E-state index < -0.39 is 0 Å². The van der Waals surface area contributed by atoms with Crippen molar-refractivity contribution < 1.29 is 13.9 Å². The number of rotatable bonds is 8. The molecule has 1 aliphatic heterocycles. The summed E-state index contributed by atoms with van der Waals surface area (Å²) >= 11 is 1.45. The van der Waals surface area contributed by atoms with Crippen LogP contribution in [0.3, 0.4) is 0 Å². The van der Waals surface area contributed by atoms with E-state index in [0.29, 0.717) is 11.7 Å². The standard InChI is InChI=1S/C22H24FN3O2S/c1-3-4-5-20-21(27)26(15-17-6-10-18(23)11-7-17)22(29-20)25-24-14-16-8-12-19(28-2)13-9-16/h6-14,20H,3-5,15H2,1-2H3/b24-14+,25-22-. The van der Waals surface area contributed by atoms with Crippen LogP contribution in [0.2, 0.25) is 0 Å². The van der Waals surface area contributed by atoms with E-state index in [-0.39, 0.29) is 17.0 Å². The van der Waals surface area contributed by atoms with Crippen LogP contribution in [-0.2, 0) is 11.3 Å². The van der Waals surface area contributed by atoms with Gasteiger partial charge in [-0.05, 0) is 53.9 Å². The molecule has 0 saturated carbocycles. The number of nitrogens with zero attached hydrogens (tertiary/aromatic N) is 3. The van der Waals surface area contributed by atoms with Crippen LogP contribution >= 0.6 is 11.8 Å². The van der Waals surface area contributed by atoms with Crippen molar-refractivity contribution in [1.29, 1.82) is 0 Å². The van der Waals surface area contributed by atoms with Gasteiger partial charge in [0.15, 0.2) is 5.17 Å². The van der Waals surface area contributed by atoms with Crippen molar-refractivity contribution in [2.24, 2.45) is 10.2 Å². The predicted octanol–water partition coefficient (Wildman–Crippen LogP) is 4.86. The number of ether oxygens (including phenoxy) is 1. The summed E-state index contributed by atoms with van der Waals surface area (Å²) in [5.41, 5.74) is 1.74. The van der Waals surface area contributed by atoms with Crippen LogP contribution in [0, 0.1) is 5.82 Å². The van der Waals surface area contributed by atoms with Gasteiger partial charge in [-0.3, -0.25) is 9.69 Å². The highest BCUT2D eigenvalue weighted by Gasteiger charge is 2.37. The van der Waals surface area contributed by atoms with Crippen LogP contribution in [0.4, 0.5) is 4.39 Å². The Morgan fingerprint density at radius 2 is 1.90 bits per heavy atom. The van der Waals surface area contributed by atoms with Crippen molar-refractivity contribution in [2.45, 2.75) is 38.0 Å². The van der Waals surface area contributed by atoms with Crippen LogP contribution in [0.25, 0.3) is 0 Å². The van der Waals surface area contributed by atoms with E-state index in [0.717, 1.165) is 36.1 Å². The molecule has 3 rings (SSSR count). The first-order valence-corrected chi connectivity index (χ1v) is 10.5. The molecule has 1 aliphatic rings. The molecule has 1 atom stereocenters. The molecule has 0 radical (unpaired) electrons.